The molecule has 0 spiro atoms. The zero-order valence-electron chi connectivity index (χ0n) is 17.6. The molecule has 1 aliphatic rings. The van der Waals surface area contributed by atoms with E-state index in [9.17, 15) is 4.79 Å². The molecule has 4 rings (SSSR count). The van der Waals surface area contributed by atoms with Gasteiger partial charge in [-0.2, -0.15) is 0 Å². The average Bonchev–Trinajstić information content (AvgIpc) is 3.21. The Bertz CT molecular complexity index is 968. The molecule has 1 aliphatic heterocycles. The fourth-order valence-corrected chi connectivity index (χ4v) is 3.85. The van der Waals surface area contributed by atoms with Gasteiger partial charge in [0.2, 0.25) is 0 Å². The summed E-state index contributed by atoms with van der Waals surface area (Å²) in [6, 6.07) is 20.1. The lowest BCUT2D eigenvalue weighted by atomic mass is 10.1. The van der Waals surface area contributed by atoms with E-state index in [4.69, 9.17) is 9.15 Å². The molecule has 0 radical (unpaired) electrons. The molecule has 3 aromatic rings. The third kappa shape index (κ3) is 5.10. The summed E-state index contributed by atoms with van der Waals surface area (Å²) in [6.07, 6.45) is 0. The predicted octanol–water partition coefficient (Wildman–Crippen LogP) is 4.43. The van der Waals surface area contributed by atoms with Crippen molar-refractivity contribution in [3.8, 4) is 5.75 Å². The Hall–Kier alpha value is -3.05. The highest BCUT2D eigenvalue weighted by Gasteiger charge is 2.24. The van der Waals surface area contributed by atoms with Crippen molar-refractivity contribution in [1.29, 1.82) is 0 Å². The summed E-state index contributed by atoms with van der Waals surface area (Å²) in [5, 5.41) is 0. The number of carbonyl (C=O) groups is 1. The normalized spacial score (nSPS) is 14.7. The van der Waals surface area contributed by atoms with Crippen molar-refractivity contribution in [2.75, 3.05) is 26.2 Å². The maximum absolute atomic E-state index is 12.8. The Kier molecular flexibility index (Phi) is 6.19. The maximum Gasteiger partial charge on any atom is 0.289 e. The fraction of sp³-hybridized carbons (Fsp3) is 0.320. The zero-order chi connectivity index (χ0) is 20.9. The van der Waals surface area contributed by atoms with E-state index in [1.807, 2.05) is 43.0 Å². The minimum Gasteiger partial charge on any atom is -0.486 e. The number of aryl methyl sites for hydroxylation is 2. The van der Waals surface area contributed by atoms with Crippen LogP contribution >= 0.6 is 0 Å². The summed E-state index contributed by atoms with van der Waals surface area (Å²) in [4.78, 5) is 17.1. The van der Waals surface area contributed by atoms with E-state index in [0.29, 0.717) is 31.2 Å². The maximum atomic E-state index is 12.8. The largest absolute Gasteiger partial charge is 0.486 e. The molecule has 0 saturated carbocycles. The van der Waals surface area contributed by atoms with Crippen molar-refractivity contribution in [3.63, 3.8) is 0 Å². The van der Waals surface area contributed by atoms with Crippen molar-refractivity contribution in [2.45, 2.75) is 27.0 Å². The van der Waals surface area contributed by atoms with Gasteiger partial charge in [0, 0.05) is 32.7 Å². The first-order valence-electron chi connectivity index (χ1n) is 10.4. The SMILES string of the molecule is Cc1cc(C)cc(OCc2ccc(C(=O)N3CCN(Cc4ccccc4)CC3)o2)c1. The van der Waals surface area contributed by atoms with Crippen molar-refractivity contribution in [1.82, 2.24) is 9.80 Å². The molecule has 1 aromatic heterocycles. The molecule has 0 N–H and O–H groups in total. The molecule has 1 amide bonds. The molecule has 0 unspecified atom stereocenters. The van der Waals surface area contributed by atoms with Crippen molar-refractivity contribution < 1.29 is 13.9 Å². The second kappa shape index (κ2) is 9.18. The van der Waals surface area contributed by atoms with Crippen LogP contribution in [0.2, 0.25) is 0 Å². The lowest BCUT2D eigenvalue weighted by Gasteiger charge is -2.34. The lowest BCUT2D eigenvalue weighted by Crippen LogP contribution is -2.48. The molecule has 156 valence electrons. The van der Waals surface area contributed by atoms with Gasteiger partial charge in [0.25, 0.3) is 5.91 Å². The lowest BCUT2D eigenvalue weighted by molar-refractivity contribution is 0.0594. The smallest absolute Gasteiger partial charge is 0.289 e. The fourth-order valence-electron chi connectivity index (χ4n) is 3.85. The number of hydrogen-bond acceptors (Lipinski definition) is 4. The third-order valence-corrected chi connectivity index (χ3v) is 5.36. The van der Waals surface area contributed by atoms with Crippen LogP contribution in [0.4, 0.5) is 0 Å². The van der Waals surface area contributed by atoms with Crippen molar-refractivity contribution in [3.05, 3.63) is 88.9 Å². The van der Waals surface area contributed by atoms with E-state index < -0.39 is 0 Å². The molecule has 1 saturated heterocycles. The van der Waals surface area contributed by atoms with Gasteiger partial charge < -0.3 is 14.1 Å². The molecule has 0 aliphatic carbocycles. The Morgan fingerprint density at radius 3 is 2.33 bits per heavy atom. The number of rotatable bonds is 6. The molecular formula is C25H28N2O3. The van der Waals surface area contributed by atoms with E-state index in [-0.39, 0.29) is 5.91 Å². The summed E-state index contributed by atoms with van der Waals surface area (Å²) in [7, 11) is 0. The van der Waals surface area contributed by atoms with Crippen LogP contribution in [-0.4, -0.2) is 41.9 Å². The highest BCUT2D eigenvalue weighted by Crippen LogP contribution is 2.19. The first kappa shape index (κ1) is 20.2. The Morgan fingerprint density at radius 1 is 0.933 bits per heavy atom. The van der Waals surface area contributed by atoms with Gasteiger partial charge in [-0.05, 0) is 54.8 Å². The topological polar surface area (TPSA) is 45.9 Å². The Morgan fingerprint density at radius 2 is 1.63 bits per heavy atom. The molecule has 0 bridgehead atoms. The van der Waals surface area contributed by atoms with Crippen LogP contribution in [0.1, 0.15) is 33.0 Å². The number of hydrogen-bond donors (Lipinski definition) is 0. The number of ether oxygens (including phenoxy) is 1. The minimum atomic E-state index is -0.0491. The number of amides is 1. The Labute approximate surface area is 177 Å². The zero-order valence-corrected chi connectivity index (χ0v) is 17.6. The highest BCUT2D eigenvalue weighted by atomic mass is 16.5. The molecule has 2 heterocycles. The van der Waals surface area contributed by atoms with E-state index in [1.54, 1.807) is 6.07 Å². The van der Waals surface area contributed by atoms with Crippen LogP contribution in [0.3, 0.4) is 0 Å². The number of benzene rings is 2. The van der Waals surface area contributed by atoms with Crippen LogP contribution in [0, 0.1) is 13.8 Å². The van der Waals surface area contributed by atoms with E-state index >= 15 is 0 Å². The number of nitrogens with zero attached hydrogens (tertiary/aromatic N) is 2. The molecule has 1 fully saturated rings. The first-order valence-corrected chi connectivity index (χ1v) is 10.4. The third-order valence-electron chi connectivity index (χ3n) is 5.36. The summed E-state index contributed by atoms with van der Waals surface area (Å²) >= 11 is 0. The van der Waals surface area contributed by atoms with Gasteiger partial charge >= 0.3 is 0 Å². The quantitative estimate of drug-likeness (QED) is 0.610. The highest BCUT2D eigenvalue weighted by molar-refractivity contribution is 5.91. The van der Waals surface area contributed by atoms with E-state index in [1.165, 1.54) is 5.56 Å². The molecule has 30 heavy (non-hydrogen) atoms. The van der Waals surface area contributed by atoms with Gasteiger partial charge in [0.1, 0.15) is 18.1 Å². The van der Waals surface area contributed by atoms with Crippen LogP contribution in [0.25, 0.3) is 0 Å². The van der Waals surface area contributed by atoms with Crippen LogP contribution in [0.15, 0.2) is 65.1 Å². The molecule has 5 nitrogen and oxygen atoms in total. The summed E-state index contributed by atoms with van der Waals surface area (Å²) < 4.78 is 11.6. The van der Waals surface area contributed by atoms with Gasteiger partial charge in [-0.1, -0.05) is 36.4 Å². The second-order valence-electron chi connectivity index (χ2n) is 7.93. The van der Waals surface area contributed by atoms with E-state index in [2.05, 4.69) is 35.2 Å². The average molecular weight is 405 g/mol. The van der Waals surface area contributed by atoms with Gasteiger partial charge in [0.05, 0.1) is 0 Å². The van der Waals surface area contributed by atoms with Gasteiger partial charge in [-0.25, -0.2) is 0 Å². The number of piperazine rings is 1. The standard InChI is InChI=1S/C25H28N2O3/c1-19-14-20(2)16-23(15-19)29-18-22-8-9-24(30-22)25(28)27-12-10-26(11-13-27)17-21-6-4-3-5-7-21/h3-9,14-16H,10-13,17-18H2,1-2H3. The number of carbonyl (C=O) groups excluding carboxylic acids is 1. The van der Waals surface area contributed by atoms with Crippen molar-refractivity contribution in [2.24, 2.45) is 0 Å². The van der Waals surface area contributed by atoms with Gasteiger partial charge in [-0.15, -0.1) is 0 Å². The molecule has 0 atom stereocenters. The monoisotopic (exact) mass is 404 g/mol. The molecule has 2 aromatic carbocycles. The minimum absolute atomic E-state index is 0.0491. The number of furan rings is 1. The van der Waals surface area contributed by atoms with Gasteiger partial charge in [0.15, 0.2) is 5.76 Å². The van der Waals surface area contributed by atoms with Crippen LogP contribution < -0.4 is 4.74 Å². The van der Waals surface area contributed by atoms with E-state index in [0.717, 1.165) is 36.5 Å². The Balaban J connectivity index is 1.29. The van der Waals surface area contributed by atoms with Crippen molar-refractivity contribution >= 4 is 5.91 Å². The van der Waals surface area contributed by atoms with Crippen LogP contribution in [-0.2, 0) is 13.2 Å². The molecule has 5 heteroatoms. The van der Waals surface area contributed by atoms with Crippen LogP contribution in [0.5, 0.6) is 5.75 Å². The molecular weight excluding hydrogens is 376 g/mol. The summed E-state index contributed by atoms with van der Waals surface area (Å²) in [5.74, 6) is 1.80. The summed E-state index contributed by atoms with van der Waals surface area (Å²) in [6.45, 7) is 8.46. The van der Waals surface area contributed by atoms with Gasteiger partial charge in [-0.3, -0.25) is 9.69 Å². The first-order chi connectivity index (χ1) is 14.6. The predicted molar refractivity (Wildman–Crippen MR) is 117 cm³/mol. The second-order valence-corrected chi connectivity index (χ2v) is 7.93. The summed E-state index contributed by atoms with van der Waals surface area (Å²) in [5.41, 5.74) is 3.62.